The number of methoxy groups -OCH3 is 1. The van der Waals surface area contributed by atoms with Gasteiger partial charge in [0, 0.05) is 7.05 Å². The topological polar surface area (TPSA) is 29.5 Å². The van der Waals surface area contributed by atoms with E-state index in [4.69, 9.17) is 11.2 Å². The number of amides is 1. The number of terminal acetylenes is 1. The average Bonchev–Trinajstić information content (AvgIpc) is 2.64. The number of thiophene rings is 1. The Morgan fingerprint density at radius 1 is 1.79 bits per heavy atom. The minimum absolute atomic E-state index is 0.102. The van der Waals surface area contributed by atoms with Gasteiger partial charge in [-0.15, -0.1) is 17.8 Å². The van der Waals surface area contributed by atoms with Crippen LogP contribution in [0.4, 0.5) is 0 Å². The summed E-state index contributed by atoms with van der Waals surface area (Å²) in [6.45, 7) is 0.305. The third-order valence-corrected chi connectivity index (χ3v) is 2.60. The van der Waals surface area contributed by atoms with Crippen LogP contribution in [-0.4, -0.2) is 31.5 Å². The highest BCUT2D eigenvalue weighted by molar-refractivity contribution is 7.12. The molecule has 0 saturated heterocycles. The Morgan fingerprint density at radius 2 is 2.50 bits per heavy atom. The van der Waals surface area contributed by atoms with Crippen LogP contribution < -0.4 is 4.74 Å². The van der Waals surface area contributed by atoms with Gasteiger partial charge in [0.15, 0.2) is 0 Å². The molecule has 0 N–H and O–H groups in total. The third-order valence-electron chi connectivity index (χ3n) is 1.72. The molecule has 14 heavy (non-hydrogen) atoms. The average molecular weight is 209 g/mol. The molecule has 1 heterocycles. The van der Waals surface area contributed by atoms with E-state index in [9.17, 15) is 4.79 Å². The van der Waals surface area contributed by atoms with Gasteiger partial charge in [0.25, 0.3) is 5.91 Å². The Morgan fingerprint density at radius 3 is 3.07 bits per heavy atom. The van der Waals surface area contributed by atoms with Gasteiger partial charge in [-0.1, -0.05) is 5.92 Å². The quantitative estimate of drug-likeness (QED) is 0.705. The van der Waals surface area contributed by atoms with Crippen molar-refractivity contribution in [2.75, 3.05) is 20.7 Å². The zero-order valence-electron chi connectivity index (χ0n) is 8.11. The lowest BCUT2D eigenvalue weighted by Gasteiger charge is -2.13. The maximum absolute atomic E-state index is 11.7. The van der Waals surface area contributed by atoms with Gasteiger partial charge >= 0.3 is 0 Å². The van der Waals surface area contributed by atoms with Gasteiger partial charge in [-0.3, -0.25) is 4.79 Å². The van der Waals surface area contributed by atoms with Gasteiger partial charge in [-0.05, 0) is 11.4 Å². The predicted octanol–water partition coefficient (Wildman–Crippen LogP) is 1.46. The molecule has 74 valence electrons. The molecular formula is C10H11NO2S. The number of hydrogen-bond donors (Lipinski definition) is 0. The van der Waals surface area contributed by atoms with Crippen LogP contribution in [0.5, 0.6) is 5.75 Å². The van der Waals surface area contributed by atoms with E-state index in [1.54, 1.807) is 20.2 Å². The summed E-state index contributed by atoms with van der Waals surface area (Å²) in [5, 5.41) is 1.82. The van der Waals surface area contributed by atoms with Crippen molar-refractivity contribution in [1.82, 2.24) is 4.90 Å². The summed E-state index contributed by atoms with van der Waals surface area (Å²) < 4.78 is 5.05. The maximum Gasteiger partial charge on any atom is 0.268 e. The van der Waals surface area contributed by atoms with Crippen LogP contribution in [0.2, 0.25) is 0 Å². The normalized spacial score (nSPS) is 9.21. The second-order valence-electron chi connectivity index (χ2n) is 2.68. The van der Waals surface area contributed by atoms with E-state index in [1.165, 1.54) is 16.2 Å². The van der Waals surface area contributed by atoms with E-state index in [0.717, 1.165) is 0 Å². The molecule has 0 spiro atoms. The van der Waals surface area contributed by atoms with Crippen molar-refractivity contribution >= 4 is 17.2 Å². The van der Waals surface area contributed by atoms with Gasteiger partial charge in [0.05, 0.1) is 13.7 Å². The van der Waals surface area contributed by atoms with Crippen LogP contribution in [0.25, 0.3) is 0 Å². The second kappa shape index (κ2) is 4.68. The number of carbonyl (C=O) groups excluding carboxylic acids is 1. The van der Waals surface area contributed by atoms with Crippen molar-refractivity contribution in [2.45, 2.75) is 0 Å². The Kier molecular flexibility index (Phi) is 3.55. The molecule has 0 aliphatic carbocycles. The predicted molar refractivity (Wildman–Crippen MR) is 56.7 cm³/mol. The first kappa shape index (κ1) is 10.6. The molecule has 0 bridgehead atoms. The molecule has 1 amide bonds. The molecule has 1 aromatic heterocycles. The molecule has 0 aliphatic rings. The molecule has 0 saturated carbocycles. The van der Waals surface area contributed by atoms with E-state index in [2.05, 4.69) is 5.92 Å². The number of ether oxygens (including phenoxy) is 1. The number of carbonyl (C=O) groups is 1. The van der Waals surface area contributed by atoms with Gasteiger partial charge in [-0.25, -0.2) is 0 Å². The fourth-order valence-corrected chi connectivity index (χ4v) is 1.85. The standard InChI is InChI=1S/C10H11NO2S/c1-4-6-11(2)10(12)9-8(13-3)5-7-14-9/h1,5,7H,6H2,2-3H3. The van der Waals surface area contributed by atoms with Crippen LogP contribution in [-0.2, 0) is 0 Å². The van der Waals surface area contributed by atoms with Crippen molar-refractivity contribution in [2.24, 2.45) is 0 Å². The molecule has 4 heteroatoms. The Hall–Kier alpha value is -1.47. The molecule has 3 nitrogen and oxygen atoms in total. The van der Waals surface area contributed by atoms with Gasteiger partial charge in [0.2, 0.25) is 0 Å². The highest BCUT2D eigenvalue weighted by Gasteiger charge is 2.16. The first-order valence-corrected chi connectivity index (χ1v) is 4.89. The summed E-state index contributed by atoms with van der Waals surface area (Å²) in [7, 11) is 3.21. The molecule has 0 unspecified atom stereocenters. The second-order valence-corrected chi connectivity index (χ2v) is 3.60. The number of nitrogens with zero attached hydrogens (tertiary/aromatic N) is 1. The van der Waals surface area contributed by atoms with Crippen molar-refractivity contribution in [1.29, 1.82) is 0 Å². The summed E-state index contributed by atoms with van der Waals surface area (Å²) in [6, 6.07) is 1.77. The van der Waals surface area contributed by atoms with Crippen molar-refractivity contribution in [3.8, 4) is 18.1 Å². The summed E-state index contributed by atoms with van der Waals surface area (Å²) in [5.41, 5.74) is 0. The summed E-state index contributed by atoms with van der Waals surface area (Å²) in [6.07, 6.45) is 5.12. The van der Waals surface area contributed by atoms with Crippen molar-refractivity contribution in [3.63, 3.8) is 0 Å². The molecule has 0 aromatic carbocycles. The molecular weight excluding hydrogens is 198 g/mol. The summed E-state index contributed by atoms with van der Waals surface area (Å²) >= 11 is 1.35. The van der Waals surface area contributed by atoms with Crippen molar-refractivity contribution in [3.05, 3.63) is 16.3 Å². The first-order chi connectivity index (χ1) is 6.70. The van der Waals surface area contributed by atoms with Gasteiger partial charge in [-0.2, -0.15) is 0 Å². The number of hydrogen-bond acceptors (Lipinski definition) is 3. The van der Waals surface area contributed by atoms with E-state index in [-0.39, 0.29) is 5.91 Å². The van der Waals surface area contributed by atoms with E-state index >= 15 is 0 Å². The lowest BCUT2D eigenvalue weighted by molar-refractivity contribution is 0.0814. The maximum atomic E-state index is 11.7. The number of rotatable bonds is 3. The Labute approximate surface area is 87.3 Å². The van der Waals surface area contributed by atoms with Crippen LogP contribution in [0.3, 0.4) is 0 Å². The van der Waals surface area contributed by atoms with E-state index in [1.807, 2.05) is 5.38 Å². The molecule has 1 aromatic rings. The molecule has 0 atom stereocenters. The highest BCUT2D eigenvalue weighted by atomic mass is 32.1. The fourth-order valence-electron chi connectivity index (χ4n) is 0.996. The Balaban J connectivity index is 2.84. The van der Waals surface area contributed by atoms with Crippen LogP contribution in [0.15, 0.2) is 11.4 Å². The highest BCUT2D eigenvalue weighted by Crippen LogP contribution is 2.25. The fraction of sp³-hybridized carbons (Fsp3) is 0.300. The van der Waals surface area contributed by atoms with E-state index < -0.39 is 0 Å². The minimum atomic E-state index is -0.102. The van der Waals surface area contributed by atoms with Crippen LogP contribution >= 0.6 is 11.3 Å². The summed E-state index contributed by atoms with van der Waals surface area (Å²) in [5.74, 6) is 2.92. The molecule has 0 radical (unpaired) electrons. The smallest absolute Gasteiger partial charge is 0.268 e. The lowest BCUT2D eigenvalue weighted by Crippen LogP contribution is -2.26. The monoisotopic (exact) mass is 209 g/mol. The van der Waals surface area contributed by atoms with Crippen LogP contribution in [0.1, 0.15) is 9.67 Å². The first-order valence-electron chi connectivity index (χ1n) is 4.01. The third kappa shape index (κ3) is 2.06. The van der Waals surface area contributed by atoms with Gasteiger partial charge < -0.3 is 9.64 Å². The summed E-state index contributed by atoms with van der Waals surface area (Å²) in [4.78, 5) is 13.8. The Bertz CT molecular complexity index is 364. The van der Waals surface area contributed by atoms with Crippen LogP contribution in [0, 0.1) is 12.3 Å². The molecule has 0 aliphatic heterocycles. The van der Waals surface area contributed by atoms with Gasteiger partial charge in [0.1, 0.15) is 10.6 Å². The molecule has 0 fully saturated rings. The SMILES string of the molecule is C#CCN(C)C(=O)c1sccc1OC. The zero-order chi connectivity index (χ0) is 10.6. The van der Waals surface area contributed by atoms with E-state index in [0.29, 0.717) is 17.2 Å². The minimum Gasteiger partial charge on any atom is -0.495 e. The lowest BCUT2D eigenvalue weighted by atomic mass is 10.4. The van der Waals surface area contributed by atoms with Crippen molar-refractivity contribution < 1.29 is 9.53 Å². The zero-order valence-corrected chi connectivity index (χ0v) is 8.93. The molecule has 1 rings (SSSR count). The largest absolute Gasteiger partial charge is 0.495 e.